The Morgan fingerprint density at radius 3 is 2.82 bits per heavy atom. The van der Waals surface area contributed by atoms with Crippen LogP contribution >= 0.6 is 0 Å². The van der Waals surface area contributed by atoms with Crippen molar-refractivity contribution < 1.29 is 19.1 Å². The third-order valence-corrected chi connectivity index (χ3v) is 8.44. The number of rotatable bonds is 6. The van der Waals surface area contributed by atoms with Crippen LogP contribution in [-0.2, 0) is 11.2 Å². The molecule has 0 spiro atoms. The number of fused-ring (bicyclic) bond motifs is 5. The van der Waals surface area contributed by atoms with Crippen molar-refractivity contribution in [3.8, 4) is 0 Å². The smallest absolute Gasteiger partial charge is 0.303 e. The average Bonchev–Trinajstić information content (AvgIpc) is 3.15. The van der Waals surface area contributed by atoms with Gasteiger partial charge < -0.3 is 5.11 Å². The first-order valence-corrected chi connectivity index (χ1v) is 12.1. The number of carboxylic acids is 1. The number of carbonyl (C=O) groups is 2. The van der Waals surface area contributed by atoms with E-state index in [1.807, 2.05) is 6.07 Å². The molecule has 1 heterocycles. The molecule has 0 unspecified atom stereocenters. The van der Waals surface area contributed by atoms with Gasteiger partial charge in [0.25, 0.3) is 0 Å². The molecule has 5 heteroatoms. The van der Waals surface area contributed by atoms with Crippen LogP contribution < -0.4 is 0 Å². The summed E-state index contributed by atoms with van der Waals surface area (Å²) in [5.41, 5.74) is 5.60. The van der Waals surface area contributed by atoms with Crippen molar-refractivity contribution in [1.29, 1.82) is 0 Å². The zero-order valence-corrected chi connectivity index (χ0v) is 19.0. The largest absolute Gasteiger partial charge is 0.481 e. The Hall–Kier alpha value is -2.82. The van der Waals surface area contributed by atoms with Crippen LogP contribution in [0.25, 0.3) is 5.57 Å². The van der Waals surface area contributed by atoms with Gasteiger partial charge in [-0.3, -0.25) is 14.6 Å². The summed E-state index contributed by atoms with van der Waals surface area (Å²) in [4.78, 5) is 27.4. The van der Waals surface area contributed by atoms with E-state index in [1.54, 1.807) is 12.3 Å². The number of nitrogens with zero attached hydrogens (tertiary/aromatic N) is 1. The molecule has 4 nitrogen and oxygen atoms in total. The normalized spacial score (nSPS) is 27.8. The second kappa shape index (κ2) is 8.51. The number of carboxylic acid groups (broad SMARTS) is 1. The van der Waals surface area contributed by atoms with E-state index >= 15 is 0 Å². The van der Waals surface area contributed by atoms with Crippen LogP contribution in [0.1, 0.15) is 84.8 Å². The number of halogens is 1. The van der Waals surface area contributed by atoms with E-state index < -0.39 is 5.97 Å². The van der Waals surface area contributed by atoms with E-state index in [-0.39, 0.29) is 29.9 Å². The summed E-state index contributed by atoms with van der Waals surface area (Å²) < 4.78 is 13.9. The summed E-state index contributed by atoms with van der Waals surface area (Å²) in [6.07, 6.45) is 11.3. The van der Waals surface area contributed by atoms with Gasteiger partial charge in [-0.05, 0) is 96.1 Å². The van der Waals surface area contributed by atoms with Crippen LogP contribution in [0.3, 0.4) is 0 Å². The molecule has 1 saturated carbocycles. The maximum atomic E-state index is 13.9. The Labute approximate surface area is 193 Å². The Morgan fingerprint density at radius 1 is 1.18 bits per heavy atom. The Kier molecular flexibility index (Phi) is 5.67. The fraction of sp³-hybridized carbons (Fsp3) is 0.464. The molecule has 0 saturated heterocycles. The second-order valence-electron chi connectivity index (χ2n) is 10.2. The molecule has 1 aromatic heterocycles. The summed E-state index contributed by atoms with van der Waals surface area (Å²) in [6.45, 7) is 2.35. The first-order chi connectivity index (χ1) is 15.9. The highest BCUT2D eigenvalue weighted by atomic mass is 19.1. The Bertz CT molecular complexity index is 1140. The quantitative estimate of drug-likeness (QED) is 0.535. The summed E-state index contributed by atoms with van der Waals surface area (Å²) in [7, 11) is 0. The molecular weight excluding hydrogens is 417 g/mol. The summed E-state index contributed by atoms with van der Waals surface area (Å²) in [5, 5.41) is 8.81. The molecule has 33 heavy (non-hydrogen) atoms. The van der Waals surface area contributed by atoms with Gasteiger partial charge in [0, 0.05) is 24.6 Å². The van der Waals surface area contributed by atoms with Gasteiger partial charge in [-0.2, -0.15) is 0 Å². The van der Waals surface area contributed by atoms with E-state index in [0.29, 0.717) is 29.7 Å². The number of aliphatic carboxylic acids is 1. The highest BCUT2D eigenvalue weighted by molar-refractivity contribution is 5.96. The first-order valence-electron chi connectivity index (χ1n) is 12.1. The van der Waals surface area contributed by atoms with Crippen LogP contribution in [0, 0.1) is 23.1 Å². The lowest BCUT2D eigenvalue weighted by molar-refractivity contribution is -0.137. The van der Waals surface area contributed by atoms with Crippen LogP contribution in [0.4, 0.5) is 4.39 Å². The standard InChI is InChI=1S/C28H30FNO3/c1-28-12-11-22-21-7-6-18(26(31)3-2-4-27(32)33)13-17(21)5-8-23(22)25(28)10-9-24(28)19-14-20(29)16-30-15-19/h6-7,9,13-16,22-23,25H,2-5,8,10-12H2,1H3,(H,32,33)/t22-,23-,25+,28-/m1/s1. The first kappa shape index (κ1) is 22.0. The van der Waals surface area contributed by atoms with Gasteiger partial charge in [0.1, 0.15) is 5.82 Å². The number of hydrogen-bond acceptors (Lipinski definition) is 3. The van der Waals surface area contributed by atoms with Gasteiger partial charge in [-0.15, -0.1) is 0 Å². The van der Waals surface area contributed by atoms with Crippen molar-refractivity contribution in [2.75, 3.05) is 0 Å². The highest BCUT2D eigenvalue weighted by Gasteiger charge is 2.51. The number of benzene rings is 1. The van der Waals surface area contributed by atoms with Crippen LogP contribution in [0.15, 0.2) is 42.7 Å². The van der Waals surface area contributed by atoms with Crippen LogP contribution in [0.2, 0.25) is 0 Å². The summed E-state index contributed by atoms with van der Waals surface area (Å²) >= 11 is 0. The zero-order chi connectivity index (χ0) is 23.2. The molecule has 1 fully saturated rings. The van der Waals surface area contributed by atoms with E-state index in [1.165, 1.54) is 22.9 Å². The van der Waals surface area contributed by atoms with E-state index in [4.69, 9.17) is 5.11 Å². The van der Waals surface area contributed by atoms with Crippen molar-refractivity contribution in [1.82, 2.24) is 4.98 Å². The molecule has 0 bridgehead atoms. The lowest BCUT2D eigenvalue weighted by Gasteiger charge is -2.50. The van der Waals surface area contributed by atoms with Gasteiger partial charge in [-0.1, -0.05) is 25.1 Å². The summed E-state index contributed by atoms with van der Waals surface area (Å²) in [5.74, 6) is 0.520. The number of ketones is 1. The molecule has 1 aromatic carbocycles. The van der Waals surface area contributed by atoms with Crippen molar-refractivity contribution in [3.63, 3.8) is 0 Å². The number of aryl methyl sites for hydroxylation is 1. The maximum Gasteiger partial charge on any atom is 0.303 e. The lowest BCUT2D eigenvalue weighted by atomic mass is 9.54. The fourth-order valence-electron chi connectivity index (χ4n) is 6.87. The average molecular weight is 448 g/mol. The van der Waals surface area contributed by atoms with Gasteiger partial charge in [-0.25, -0.2) is 4.39 Å². The van der Waals surface area contributed by atoms with Crippen molar-refractivity contribution in [2.45, 2.75) is 64.2 Å². The monoisotopic (exact) mass is 447 g/mol. The Balaban J connectivity index is 1.34. The Morgan fingerprint density at radius 2 is 2.03 bits per heavy atom. The number of Topliss-reactive ketones (excluding diaryl/α,β-unsaturated/α-hetero) is 1. The van der Waals surface area contributed by atoms with E-state index in [9.17, 15) is 14.0 Å². The van der Waals surface area contributed by atoms with E-state index in [0.717, 1.165) is 37.7 Å². The van der Waals surface area contributed by atoms with Gasteiger partial charge >= 0.3 is 5.97 Å². The van der Waals surface area contributed by atoms with Crippen LogP contribution in [0.5, 0.6) is 0 Å². The third-order valence-electron chi connectivity index (χ3n) is 8.44. The zero-order valence-electron chi connectivity index (χ0n) is 19.0. The van der Waals surface area contributed by atoms with Gasteiger partial charge in [0.2, 0.25) is 0 Å². The minimum absolute atomic E-state index is 0.0301. The molecule has 0 radical (unpaired) electrons. The number of hydrogen-bond donors (Lipinski definition) is 1. The second-order valence-corrected chi connectivity index (χ2v) is 10.2. The predicted octanol–water partition coefficient (Wildman–Crippen LogP) is 6.21. The predicted molar refractivity (Wildman–Crippen MR) is 124 cm³/mol. The summed E-state index contributed by atoms with van der Waals surface area (Å²) in [6, 6.07) is 7.76. The molecule has 5 rings (SSSR count). The highest BCUT2D eigenvalue weighted by Crippen LogP contribution is 2.63. The van der Waals surface area contributed by atoms with Crippen molar-refractivity contribution in [2.24, 2.45) is 17.3 Å². The molecule has 4 atom stereocenters. The van der Waals surface area contributed by atoms with E-state index in [2.05, 4.69) is 30.1 Å². The molecule has 1 N–H and O–H groups in total. The molecule has 3 aliphatic rings. The maximum absolute atomic E-state index is 13.9. The third kappa shape index (κ3) is 3.92. The molecular formula is C28H30FNO3. The van der Waals surface area contributed by atoms with Crippen molar-refractivity contribution in [3.05, 3.63) is 70.8 Å². The lowest BCUT2D eigenvalue weighted by Crippen LogP contribution is -2.41. The number of pyridine rings is 1. The van der Waals surface area contributed by atoms with Crippen molar-refractivity contribution >= 4 is 17.3 Å². The molecule has 172 valence electrons. The molecule has 0 amide bonds. The van der Waals surface area contributed by atoms with Gasteiger partial charge in [0.15, 0.2) is 5.78 Å². The molecule has 3 aliphatic carbocycles. The fourth-order valence-corrected chi connectivity index (χ4v) is 6.87. The molecule has 0 aliphatic heterocycles. The van der Waals surface area contributed by atoms with Gasteiger partial charge in [0.05, 0.1) is 6.20 Å². The molecule has 2 aromatic rings. The number of carbonyl (C=O) groups excluding carboxylic acids is 1. The minimum atomic E-state index is -0.859. The minimum Gasteiger partial charge on any atom is -0.481 e. The topological polar surface area (TPSA) is 67.3 Å². The van der Waals surface area contributed by atoms with Crippen LogP contribution in [-0.4, -0.2) is 21.8 Å². The number of aromatic nitrogens is 1. The SMILES string of the molecule is C[C@]12CC[C@@H]3c4ccc(C(=O)CCCC(=O)O)cc4CC[C@H]3[C@@H]1CC=C2c1cncc(F)c1. The number of allylic oxidation sites excluding steroid dienone is 2.